The Labute approximate surface area is 225 Å². The van der Waals surface area contributed by atoms with Gasteiger partial charge in [0.25, 0.3) is 0 Å². The molecular formula is C35H17N3O2+2. The van der Waals surface area contributed by atoms with Gasteiger partial charge in [-0.3, -0.25) is 0 Å². The van der Waals surface area contributed by atoms with Gasteiger partial charge in [-0.05, 0) is 64.7 Å². The van der Waals surface area contributed by atoms with Crippen LogP contribution in [0.15, 0.2) is 108 Å². The Kier molecular flexibility index (Phi) is 2.64. The van der Waals surface area contributed by atoms with Crippen LogP contribution in [0.3, 0.4) is 0 Å². The Bertz CT molecular complexity index is 2750. The maximum atomic E-state index is 6.83. The molecule has 3 aliphatic heterocycles. The molecular weight excluding hydrogens is 494 g/mol. The summed E-state index contributed by atoms with van der Waals surface area (Å²) in [5.41, 5.74) is 7.39. The van der Waals surface area contributed by atoms with E-state index in [1.807, 2.05) is 0 Å². The quantitative estimate of drug-likeness (QED) is 0.161. The zero-order valence-corrected chi connectivity index (χ0v) is 21.0. The molecule has 5 heteroatoms. The first kappa shape index (κ1) is 18.8. The number of nitrogens with zero attached hydrogens (tertiary/aromatic N) is 3. The van der Waals surface area contributed by atoms with Crippen molar-refractivity contribution < 1.29 is 18.3 Å². The van der Waals surface area contributed by atoms with Crippen molar-refractivity contribution in [2.24, 2.45) is 0 Å². The fourth-order valence-electron chi connectivity index (χ4n) is 8.58. The number of para-hydroxylation sites is 2. The first-order chi connectivity index (χ1) is 19.9. The summed E-state index contributed by atoms with van der Waals surface area (Å²) in [6.45, 7) is 0. The zero-order chi connectivity index (χ0) is 25.5. The largest absolute Gasteiger partial charge is 0.456 e. The van der Waals surface area contributed by atoms with Crippen molar-refractivity contribution in [2.75, 3.05) is 0 Å². The van der Waals surface area contributed by atoms with Crippen LogP contribution in [0.5, 0.6) is 11.5 Å². The van der Waals surface area contributed by atoms with Gasteiger partial charge in [-0.15, -0.1) is 9.13 Å². The smallest absolute Gasteiger partial charge is 0.372 e. The van der Waals surface area contributed by atoms with Gasteiger partial charge in [0.1, 0.15) is 22.6 Å². The Morgan fingerprint density at radius 1 is 0.625 bits per heavy atom. The third-order valence-electron chi connectivity index (χ3n) is 9.81. The lowest BCUT2D eigenvalue weighted by molar-refractivity contribution is -0.934. The van der Waals surface area contributed by atoms with Crippen molar-refractivity contribution >= 4 is 71.0 Å². The molecule has 12 rings (SSSR count). The molecule has 9 aromatic rings. The van der Waals surface area contributed by atoms with Crippen molar-refractivity contribution in [1.82, 2.24) is 4.40 Å². The maximum Gasteiger partial charge on any atom is 0.372 e. The molecule has 1 unspecified atom stereocenters. The lowest BCUT2D eigenvalue weighted by Gasteiger charge is -2.28. The summed E-state index contributed by atoms with van der Waals surface area (Å²) in [7, 11) is 0. The van der Waals surface area contributed by atoms with Gasteiger partial charge in [0.2, 0.25) is 5.52 Å². The van der Waals surface area contributed by atoms with Crippen LogP contribution in [0.2, 0.25) is 0 Å². The molecule has 0 aliphatic carbocycles. The molecule has 0 N–H and O–H groups in total. The third-order valence-corrected chi connectivity index (χ3v) is 9.81. The van der Waals surface area contributed by atoms with Gasteiger partial charge in [-0.25, -0.2) is 0 Å². The highest BCUT2D eigenvalue weighted by Gasteiger charge is 2.68. The number of imidazole rings is 1. The van der Waals surface area contributed by atoms with E-state index in [0.717, 1.165) is 33.8 Å². The number of hydrogen-bond acceptors (Lipinski definition) is 2. The normalized spacial score (nSPS) is 17.8. The second-order valence-electron chi connectivity index (χ2n) is 11.3. The van der Waals surface area contributed by atoms with Gasteiger partial charge in [0.05, 0.1) is 27.8 Å². The van der Waals surface area contributed by atoms with Crippen molar-refractivity contribution in [3.05, 3.63) is 115 Å². The minimum atomic E-state index is -0.628. The summed E-state index contributed by atoms with van der Waals surface area (Å²) in [6.07, 6.45) is 4.08. The van der Waals surface area contributed by atoms with Gasteiger partial charge in [-0.2, -0.15) is 4.40 Å². The van der Waals surface area contributed by atoms with E-state index in [-0.39, 0.29) is 0 Å². The van der Waals surface area contributed by atoms with Gasteiger partial charge in [0, 0.05) is 11.5 Å². The highest BCUT2D eigenvalue weighted by atomic mass is 16.5. The maximum absolute atomic E-state index is 6.83. The number of aromatic nitrogens is 3. The Morgan fingerprint density at radius 3 is 2.23 bits per heavy atom. The number of hydrogen-bond donors (Lipinski definition) is 0. The number of benzene rings is 5. The monoisotopic (exact) mass is 511 g/mol. The van der Waals surface area contributed by atoms with Crippen LogP contribution in [0.1, 0.15) is 11.1 Å². The Balaban J connectivity index is 1.48. The second kappa shape index (κ2) is 5.63. The molecule has 0 amide bonds. The highest BCUT2D eigenvalue weighted by molar-refractivity contribution is 6.26. The summed E-state index contributed by atoms with van der Waals surface area (Å²) in [6, 6.07) is 32.9. The van der Waals surface area contributed by atoms with Gasteiger partial charge < -0.3 is 9.15 Å². The lowest BCUT2D eigenvalue weighted by atomic mass is 9.85. The van der Waals surface area contributed by atoms with Crippen LogP contribution in [-0.4, -0.2) is 4.40 Å². The summed E-state index contributed by atoms with van der Waals surface area (Å²) in [5.74, 6) is 1.84. The molecule has 0 bridgehead atoms. The van der Waals surface area contributed by atoms with Crippen LogP contribution in [0.4, 0.5) is 0 Å². The van der Waals surface area contributed by atoms with Crippen LogP contribution in [0.25, 0.3) is 71.0 Å². The highest BCUT2D eigenvalue weighted by Crippen LogP contribution is 2.58. The topological polar surface area (TPSA) is 34.5 Å². The number of ether oxygens (including phenoxy) is 1. The van der Waals surface area contributed by atoms with E-state index < -0.39 is 5.66 Å². The van der Waals surface area contributed by atoms with Crippen LogP contribution in [0, 0.1) is 0 Å². The van der Waals surface area contributed by atoms with E-state index in [1.54, 1.807) is 6.26 Å². The minimum absolute atomic E-state index is 0.628. The van der Waals surface area contributed by atoms with Crippen LogP contribution in [-0.2, 0) is 5.66 Å². The standard InChI is InChI=1S/C35H17N3O2/c1-2-7-19-18(6-1)20-11-13-26-30-28(20)32-22(19)8-5-16-36(32)35(30)31-27(40-26)14-12-21-23-15-17-39-34(23)37-24-9-3-4-10-25(24)38(35)33(37)29(21)31/h1-17H/q+2. The molecule has 0 saturated heterocycles. The molecule has 4 aromatic heterocycles. The molecule has 0 saturated carbocycles. The fourth-order valence-corrected chi connectivity index (χ4v) is 8.58. The van der Waals surface area contributed by atoms with E-state index >= 15 is 0 Å². The molecule has 3 aliphatic rings. The average molecular weight is 512 g/mol. The molecule has 0 fully saturated rings. The van der Waals surface area contributed by atoms with Crippen molar-refractivity contribution in [3.8, 4) is 11.5 Å². The van der Waals surface area contributed by atoms with Crippen molar-refractivity contribution in [1.29, 1.82) is 0 Å². The molecule has 1 atom stereocenters. The third kappa shape index (κ3) is 1.60. The van der Waals surface area contributed by atoms with E-state index in [4.69, 9.17) is 9.15 Å². The van der Waals surface area contributed by atoms with Crippen molar-refractivity contribution in [2.45, 2.75) is 5.66 Å². The number of fused-ring (bicyclic) bond motifs is 9. The molecule has 7 heterocycles. The molecule has 5 aromatic carbocycles. The number of rotatable bonds is 0. The second-order valence-corrected chi connectivity index (χ2v) is 11.3. The summed E-state index contributed by atoms with van der Waals surface area (Å²) >= 11 is 0. The zero-order valence-electron chi connectivity index (χ0n) is 21.0. The predicted octanol–water partition coefficient (Wildman–Crippen LogP) is 7.06. The Morgan fingerprint density at radius 2 is 1.35 bits per heavy atom. The summed E-state index contributed by atoms with van der Waals surface area (Å²) in [5, 5.41) is 9.90. The molecule has 40 heavy (non-hydrogen) atoms. The fraction of sp³-hybridized carbons (Fsp3) is 0.0286. The first-order valence-electron chi connectivity index (χ1n) is 13.7. The summed E-state index contributed by atoms with van der Waals surface area (Å²) in [4.78, 5) is 0. The van der Waals surface area contributed by atoms with Crippen molar-refractivity contribution in [3.63, 3.8) is 0 Å². The van der Waals surface area contributed by atoms with E-state index in [0.29, 0.717) is 0 Å². The van der Waals surface area contributed by atoms with Crippen LogP contribution < -0.4 is 13.9 Å². The molecule has 0 radical (unpaired) electrons. The SMILES string of the molecule is c1ccc2c(c1)c1ccc3c4c1c1c2ccc[n+]1C41c2c(ccc4c5ccoc5n5c6ccccc6[n+]1c5c24)O3. The predicted molar refractivity (Wildman–Crippen MR) is 153 cm³/mol. The van der Waals surface area contributed by atoms with E-state index in [1.165, 1.54) is 59.9 Å². The van der Waals surface area contributed by atoms with E-state index in [9.17, 15) is 0 Å². The minimum Gasteiger partial charge on any atom is -0.456 e. The number of furan rings is 1. The molecule has 182 valence electrons. The Hall–Kier alpha value is -5.42. The molecule has 1 spiro atoms. The van der Waals surface area contributed by atoms with Gasteiger partial charge in [-0.1, -0.05) is 36.4 Å². The van der Waals surface area contributed by atoms with Gasteiger partial charge in [0.15, 0.2) is 17.2 Å². The van der Waals surface area contributed by atoms with Crippen LogP contribution >= 0.6 is 0 Å². The first-order valence-corrected chi connectivity index (χ1v) is 13.7. The number of pyridine rings is 2. The summed E-state index contributed by atoms with van der Waals surface area (Å²) < 4.78 is 20.5. The lowest BCUT2D eigenvalue weighted by Crippen LogP contribution is -2.72. The van der Waals surface area contributed by atoms with E-state index in [2.05, 4.69) is 111 Å². The molecule has 5 nitrogen and oxygen atoms in total. The van der Waals surface area contributed by atoms with Gasteiger partial charge >= 0.3 is 17.0 Å². The average Bonchev–Trinajstić information content (AvgIpc) is 3.76.